The van der Waals surface area contributed by atoms with E-state index in [1.165, 1.54) is 16.9 Å². The first-order chi connectivity index (χ1) is 13.2. The molecule has 2 heterocycles. The van der Waals surface area contributed by atoms with E-state index in [4.69, 9.17) is 10.5 Å². The van der Waals surface area contributed by atoms with Crippen molar-refractivity contribution in [3.05, 3.63) is 63.8 Å². The third-order valence-electron chi connectivity index (χ3n) is 5.22. The molecule has 1 atom stereocenters. The summed E-state index contributed by atoms with van der Waals surface area (Å²) in [5.41, 5.74) is 9.98. The Morgan fingerprint density at radius 3 is 2.59 bits per heavy atom. The summed E-state index contributed by atoms with van der Waals surface area (Å²) in [6.45, 7) is 2.80. The number of fused-ring (bicyclic) bond motifs is 3. The van der Waals surface area contributed by atoms with Crippen LogP contribution in [-0.4, -0.2) is 18.6 Å². The monoisotopic (exact) mass is 378 g/mol. The highest BCUT2D eigenvalue weighted by Gasteiger charge is 2.16. The average Bonchev–Trinajstić information content (AvgIpc) is 3.19. The van der Waals surface area contributed by atoms with Crippen LogP contribution in [0.5, 0.6) is 5.75 Å². The van der Waals surface area contributed by atoms with E-state index in [2.05, 4.69) is 36.2 Å². The highest BCUT2D eigenvalue weighted by molar-refractivity contribution is 7.17. The van der Waals surface area contributed by atoms with Gasteiger partial charge in [-0.2, -0.15) is 0 Å². The van der Waals surface area contributed by atoms with Crippen LogP contribution in [0.1, 0.15) is 24.8 Å². The number of methoxy groups -OCH3 is 1. The predicted octanol–water partition coefficient (Wildman–Crippen LogP) is 4.87. The van der Waals surface area contributed by atoms with Crippen LogP contribution >= 0.6 is 11.3 Å². The van der Waals surface area contributed by atoms with Gasteiger partial charge in [0.2, 0.25) is 0 Å². The number of ether oxygens (including phenoxy) is 1. The van der Waals surface area contributed by atoms with Crippen LogP contribution in [0.2, 0.25) is 0 Å². The molecule has 0 aliphatic heterocycles. The molecule has 0 saturated heterocycles. The van der Waals surface area contributed by atoms with Crippen molar-refractivity contribution in [3.8, 4) is 16.9 Å². The lowest BCUT2D eigenvalue weighted by atomic mass is 9.92. The van der Waals surface area contributed by atoms with E-state index in [0.717, 1.165) is 44.3 Å². The number of aromatic amines is 1. The van der Waals surface area contributed by atoms with Crippen molar-refractivity contribution in [2.24, 2.45) is 5.73 Å². The van der Waals surface area contributed by atoms with Crippen molar-refractivity contribution in [1.29, 1.82) is 0 Å². The first-order valence-electron chi connectivity index (χ1n) is 9.08. The Labute approximate surface area is 161 Å². The van der Waals surface area contributed by atoms with Crippen molar-refractivity contribution in [1.82, 2.24) is 4.98 Å². The molecule has 2 aromatic heterocycles. The fraction of sp³-hybridized carbons (Fsp3) is 0.227. The van der Waals surface area contributed by atoms with Gasteiger partial charge in [-0.25, -0.2) is 0 Å². The minimum atomic E-state index is -0.0484. The van der Waals surface area contributed by atoms with Crippen molar-refractivity contribution in [2.75, 3.05) is 13.7 Å². The Morgan fingerprint density at radius 2 is 1.93 bits per heavy atom. The van der Waals surface area contributed by atoms with E-state index in [-0.39, 0.29) is 5.56 Å². The molecule has 0 aliphatic rings. The van der Waals surface area contributed by atoms with Crippen molar-refractivity contribution < 1.29 is 4.74 Å². The normalized spacial score (nSPS) is 12.6. The highest BCUT2D eigenvalue weighted by Crippen LogP contribution is 2.40. The van der Waals surface area contributed by atoms with Gasteiger partial charge in [-0.05, 0) is 53.6 Å². The molecule has 0 saturated carbocycles. The molecule has 0 amide bonds. The summed E-state index contributed by atoms with van der Waals surface area (Å²) >= 11 is 1.46. The SMILES string of the molecule is CCC(CN)c1ccc(-c2c(OC)ccc3[nH]c(=O)c4sccc4c23)cc1. The summed E-state index contributed by atoms with van der Waals surface area (Å²) in [6, 6.07) is 14.4. The number of hydrogen-bond acceptors (Lipinski definition) is 4. The van der Waals surface area contributed by atoms with E-state index in [1.54, 1.807) is 7.11 Å². The van der Waals surface area contributed by atoms with Crippen molar-refractivity contribution in [2.45, 2.75) is 19.3 Å². The second kappa shape index (κ2) is 7.18. The van der Waals surface area contributed by atoms with Crippen LogP contribution in [0.4, 0.5) is 0 Å². The highest BCUT2D eigenvalue weighted by atomic mass is 32.1. The maximum atomic E-state index is 12.4. The molecule has 3 N–H and O–H groups in total. The Morgan fingerprint density at radius 1 is 1.15 bits per heavy atom. The van der Waals surface area contributed by atoms with E-state index < -0.39 is 0 Å². The zero-order valence-electron chi connectivity index (χ0n) is 15.4. The number of benzene rings is 2. The third kappa shape index (κ3) is 2.93. The fourth-order valence-corrected chi connectivity index (χ4v) is 4.54. The standard InChI is InChI=1S/C22H22N2O2S/c1-3-13(12-23)14-4-6-15(7-5-14)19-18(26-2)9-8-17-20(19)16-10-11-27-21(16)22(25)24-17/h4-11,13H,3,12,23H2,1-2H3,(H,24,25). The Bertz CT molecular complexity index is 1150. The lowest BCUT2D eigenvalue weighted by Gasteiger charge is -2.16. The van der Waals surface area contributed by atoms with Crippen LogP contribution in [0.15, 0.2) is 52.6 Å². The van der Waals surface area contributed by atoms with Crippen LogP contribution in [0, 0.1) is 0 Å². The van der Waals surface area contributed by atoms with Gasteiger partial charge in [0.05, 0.1) is 7.11 Å². The van der Waals surface area contributed by atoms with Gasteiger partial charge in [0.15, 0.2) is 0 Å². The number of pyridine rings is 1. The smallest absolute Gasteiger partial charge is 0.266 e. The number of nitrogens with one attached hydrogen (secondary N) is 1. The molecule has 0 spiro atoms. The number of hydrogen-bond donors (Lipinski definition) is 2. The van der Waals surface area contributed by atoms with E-state index in [1.807, 2.05) is 23.6 Å². The van der Waals surface area contributed by atoms with Gasteiger partial charge in [0, 0.05) is 21.9 Å². The van der Waals surface area contributed by atoms with Crippen LogP contribution < -0.4 is 16.0 Å². The van der Waals surface area contributed by atoms with Gasteiger partial charge in [-0.3, -0.25) is 4.79 Å². The van der Waals surface area contributed by atoms with Gasteiger partial charge in [-0.1, -0.05) is 31.2 Å². The zero-order valence-corrected chi connectivity index (χ0v) is 16.2. The van der Waals surface area contributed by atoms with Gasteiger partial charge in [0.1, 0.15) is 10.4 Å². The molecule has 0 bridgehead atoms. The Balaban J connectivity index is 2.00. The molecule has 27 heavy (non-hydrogen) atoms. The molecule has 0 radical (unpaired) electrons. The van der Waals surface area contributed by atoms with Crippen LogP contribution in [-0.2, 0) is 0 Å². The molecular weight excluding hydrogens is 356 g/mol. The van der Waals surface area contributed by atoms with Crippen LogP contribution in [0.25, 0.3) is 32.1 Å². The summed E-state index contributed by atoms with van der Waals surface area (Å²) in [4.78, 5) is 15.4. The Hall–Kier alpha value is -2.63. The topological polar surface area (TPSA) is 68.1 Å². The summed E-state index contributed by atoms with van der Waals surface area (Å²) in [5, 5.41) is 3.94. The summed E-state index contributed by atoms with van der Waals surface area (Å²) in [6.07, 6.45) is 1.02. The molecule has 1 unspecified atom stereocenters. The molecule has 5 heteroatoms. The quantitative estimate of drug-likeness (QED) is 0.520. The molecule has 138 valence electrons. The minimum Gasteiger partial charge on any atom is -0.496 e. The molecule has 0 aliphatic carbocycles. The predicted molar refractivity (Wildman–Crippen MR) is 114 cm³/mol. The van der Waals surface area contributed by atoms with Crippen LogP contribution in [0.3, 0.4) is 0 Å². The summed E-state index contributed by atoms with van der Waals surface area (Å²) in [7, 11) is 1.68. The maximum Gasteiger partial charge on any atom is 0.266 e. The number of thiophene rings is 1. The number of rotatable bonds is 5. The molecular formula is C22H22N2O2S. The average molecular weight is 378 g/mol. The van der Waals surface area contributed by atoms with Gasteiger partial charge in [-0.15, -0.1) is 11.3 Å². The second-order valence-electron chi connectivity index (χ2n) is 6.65. The molecule has 4 rings (SSSR count). The fourth-order valence-electron chi connectivity index (χ4n) is 3.75. The zero-order chi connectivity index (χ0) is 19.0. The molecule has 4 aromatic rings. The number of nitrogens with two attached hydrogens (primary N) is 1. The van der Waals surface area contributed by atoms with Gasteiger partial charge >= 0.3 is 0 Å². The summed E-state index contributed by atoms with van der Waals surface area (Å²) in [5.74, 6) is 1.16. The van der Waals surface area contributed by atoms with Gasteiger partial charge < -0.3 is 15.5 Å². The van der Waals surface area contributed by atoms with Crippen molar-refractivity contribution >= 4 is 32.3 Å². The lowest BCUT2D eigenvalue weighted by Crippen LogP contribution is -2.11. The van der Waals surface area contributed by atoms with E-state index in [0.29, 0.717) is 12.5 Å². The number of aromatic nitrogens is 1. The van der Waals surface area contributed by atoms with E-state index in [9.17, 15) is 4.79 Å². The van der Waals surface area contributed by atoms with Crippen molar-refractivity contribution in [3.63, 3.8) is 0 Å². The first-order valence-corrected chi connectivity index (χ1v) is 9.96. The second-order valence-corrected chi connectivity index (χ2v) is 7.56. The first kappa shape index (κ1) is 17.8. The lowest BCUT2D eigenvalue weighted by molar-refractivity contribution is 0.417. The third-order valence-corrected chi connectivity index (χ3v) is 6.14. The largest absolute Gasteiger partial charge is 0.496 e. The molecule has 2 aromatic carbocycles. The maximum absolute atomic E-state index is 12.4. The minimum absolute atomic E-state index is 0.0484. The van der Waals surface area contributed by atoms with E-state index >= 15 is 0 Å². The number of H-pyrrole nitrogens is 1. The summed E-state index contributed by atoms with van der Waals surface area (Å²) < 4.78 is 6.41. The molecule has 0 fully saturated rings. The van der Waals surface area contributed by atoms with Gasteiger partial charge in [0.25, 0.3) is 5.56 Å². The Kier molecular flexibility index (Phi) is 4.72. The molecule has 4 nitrogen and oxygen atoms in total.